The fraction of sp³-hybridized carbons (Fsp3) is 0.600. The van der Waals surface area contributed by atoms with Crippen molar-refractivity contribution in [3.63, 3.8) is 0 Å². The number of ether oxygens (including phenoxy) is 3. The maximum absolute atomic E-state index is 11.9. The van der Waals surface area contributed by atoms with Crippen LogP contribution in [0.4, 0.5) is 0 Å². The lowest BCUT2D eigenvalue weighted by molar-refractivity contribution is -0.151. The number of hydrogen-bond donors (Lipinski definition) is 2. The van der Waals surface area contributed by atoms with Crippen molar-refractivity contribution in [3.8, 4) is 0 Å². The van der Waals surface area contributed by atoms with Crippen molar-refractivity contribution < 1.29 is 28.9 Å². The Labute approximate surface area is 142 Å². The molecule has 4 atom stereocenters. The number of methoxy groups -OCH3 is 1. The predicted molar refractivity (Wildman–Crippen MR) is 82.9 cm³/mol. The number of H-pyrrole nitrogens is 1. The van der Waals surface area contributed by atoms with Gasteiger partial charge in [0.15, 0.2) is 6.23 Å². The van der Waals surface area contributed by atoms with Crippen LogP contribution in [0.25, 0.3) is 0 Å². The third-order valence-electron chi connectivity index (χ3n) is 3.80. The van der Waals surface area contributed by atoms with Gasteiger partial charge in [0.1, 0.15) is 30.7 Å². The Morgan fingerprint density at radius 3 is 2.68 bits per heavy atom. The zero-order valence-corrected chi connectivity index (χ0v) is 13.8. The lowest BCUT2D eigenvalue weighted by atomic mass is 10.1. The maximum atomic E-state index is 11.9. The number of Topliss-reactive ketones (excluding diaryl/α,β-unsaturated/α-hetero) is 1. The molecule has 0 bridgehead atoms. The van der Waals surface area contributed by atoms with Crippen LogP contribution in [-0.4, -0.2) is 58.4 Å². The van der Waals surface area contributed by atoms with Crippen LogP contribution in [0.5, 0.6) is 0 Å². The molecular formula is C15H20N2O8. The molecule has 10 nitrogen and oxygen atoms in total. The summed E-state index contributed by atoms with van der Waals surface area (Å²) in [6.45, 7) is 1.11. The second-order valence-corrected chi connectivity index (χ2v) is 5.66. The number of carbonyl (C=O) groups is 2. The van der Waals surface area contributed by atoms with Gasteiger partial charge in [-0.05, 0) is 6.92 Å². The fourth-order valence-electron chi connectivity index (χ4n) is 2.49. The average Bonchev–Trinajstić information content (AvgIpc) is 2.86. The van der Waals surface area contributed by atoms with Crippen LogP contribution in [0.3, 0.4) is 0 Å². The Morgan fingerprint density at radius 2 is 2.08 bits per heavy atom. The number of nitrogens with one attached hydrogen (secondary N) is 1. The molecule has 1 saturated heterocycles. The average molecular weight is 356 g/mol. The summed E-state index contributed by atoms with van der Waals surface area (Å²) in [6, 6.07) is 1.14. The molecule has 1 aromatic rings. The van der Waals surface area contributed by atoms with E-state index in [9.17, 15) is 24.3 Å². The molecule has 0 radical (unpaired) electrons. The van der Waals surface area contributed by atoms with Crippen LogP contribution in [0.1, 0.15) is 26.0 Å². The van der Waals surface area contributed by atoms with E-state index in [0.717, 1.165) is 10.6 Å². The minimum absolute atomic E-state index is 0.0608. The first kappa shape index (κ1) is 19.0. The van der Waals surface area contributed by atoms with E-state index in [1.54, 1.807) is 0 Å². The van der Waals surface area contributed by atoms with Gasteiger partial charge in [0.05, 0.1) is 6.42 Å². The highest BCUT2D eigenvalue weighted by atomic mass is 16.6. The molecule has 2 rings (SSSR count). The van der Waals surface area contributed by atoms with E-state index in [0.29, 0.717) is 0 Å². The smallest absolute Gasteiger partial charge is 0.330 e. The normalized spacial score (nSPS) is 25.7. The molecule has 2 N–H and O–H groups in total. The molecule has 0 unspecified atom stereocenters. The number of esters is 1. The molecule has 0 aromatic carbocycles. The summed E-state index contributed by atoms with van der Waals surface area (Å²) in [5, 5.41) is 10.3. The Hall–Kier alpha value is -2.30. The molecule has 138 valence electrons. The zero-order valence-electron chi connectivity index (χ0n) is 13.8. The molecule has 0 saturated carbocycles. The van der Waals surface area contributed by atoms with Gasteiger partial charge in [-0.3, -0.25) is 19.1 Å². The molecule has 2 heterocycles. The summed E-state index contributed by atoms with van der Waals surface area (Å²) in [5.41, 5.74) is -1.28. The summed E-state index contributed by atoms with van der Waals surface area (Å²) in [6.07, 6.45) is -2.73. The first-order chi connectivity index (χ1) is 11.8. The molecule has 0 spiro atoms. The number of aromatic amines is 1. The number of nitrogens with zero attached hydrogens (tertiary/aromatic N) is 1. The summed E-state index contributed by atoms with van der Waals surface area (Å²) < 4.78 is 16.8. The Balaban J connectivity index is 2.05. The van der Waals surface area contributed by atoms with Crippen LogP contribution in [0.15, 0.2) is 21.9 Å². The number of carbonyl (C=O) groups excluding carboxylic acids is 2. The fourth-order valence-corrected chi connectivity index (χ4v) is 2.49. The Morgan fingerprint density at radius 1 is 1.36 bits per heavy atom. The van der Waals surface area contributed by atoms with Crippen molar-refractivity contribution in [2.24, 2.45) is 0 Å². The minimum atomic E-state index is -1.16. The first-order valence-electron chi connectivity index (χ1n) is 7.66. The molecule has 1 aliphatic rings. The quantitative estimate of drug-likeness (QED) is 0.577. The second-order valence-electron chi connectivity index (χ2n) is 5.66. The van der Waals surface area contributed by atoms with Crippen molar-refractivity contribution in [1.82, 2.24) is 9.55 Å². The predicted octanol–water partition coefficient (Wildman–Crippen LogP) is -1.28. The number of hydrogen-bond acceptors (Lipinski definition) is 8. The van der Waals surface area contributed by atoms with Crippen molar-refractivity contribution in [2.45, 2.75) is 44.3 Å². The van der Waals surface area contributed by atoms with Crippen molar-refractivity contribution in [3.05, 3.63) is 33.1 Å². The largest absolute Gasteiger partial charge is 0.463 e. The monoisotopic (exact) mass is 356 g/mol. The number of aliphatic hydroxyl groups is 1. The maximum Gasteiger partial charge on any atom is 0.330 e. The summed E-state index contributed by atoms with van der Waals surface area (Å²) in [7, 11) is 1.34. The minimum Gasteiger partial charge on any atom is -0.463 e. The molecule has 10 heteroatoms. The van der Waals surface area contributed by atoms with E-state index in [2.05, 4.69) is 4.98 Å². The van der Waals surface area contributed by atoms with Gasteiger partial charge in [-0.1, -0.05) is 0 Å². The SMILES string of the molecule is CO[C@@H]1[C@H](O)[C@@H](COC(=O)CCC(C)=O)O[C@H]1n1ccc(=O)[nH]c1=O. The Bertz CT molecular complexity index is 740. The molecule has 1 fully saturated rings. The van der Waals surface area contributed by atoms with Gasteiger partial charge in [0.25, 0.3) is 5.56 Å². The van der Waals surface area contributed by atoms with Crippen LogP contribution in [-0.2, 0) is 23.8 Å². The van der Waals surface area contributed by atoms with Gasteiger partial charge in [0, 0.05) is 25.8 Å². The topological polar surface area (TPSA) is 137 Å². The van der Waals surface area contributed by atoms with Crippen LogP contribution in [0, 0.1) is 0 Å². The Kier molecular flexibility index (Phi) is 6.23. The van der Waals surface area contributed by atoms with Gasteiger partial charge in [-0.25, -0.2) is 4.79 Å². The van der Waals surface area contributed by atoms with Crippen molar-refractivity contribution >= 4 is 11.8 Å². The molecule has 0 amide bonds. The van der Waals surface area contributed by atoms with E-state index in [4.69, 9.17) is 14.2 Å². The van der Waals surface area contributed by atoms with Gasteiger partial charge in [-0.15, -0.1) is 0 Å². The van der Waals surface area contributed by atoms with Crippen LogP contribution in [0.2, 0.25) is 0 Å². The van der Waals surface area contributed by atoms with Crippen molar-refractivity contribution in [1.29, 1.82) is 0 Å². The second kappa shape index (κ2) is 8.19. The molecule has 1 aromatic heterocycles. The lowest BCUT2D eigenvalue weighted by Crippen LogP contribution is -2.38. The van der Waals surface area contributed by atoms with Crippen LogP contribution < -0.4 is 11.2 Å². The first-order valence-corrected chi connectivity index (χ1v) is 7.66. The van der Waals surface area contributed by atoms with Gasteiger partial charge >= 0.3 is 11.7 Å². The highest BCUT2D eigenvalue weighted by molar-refractivity contribution is 5.80. The van der Waals surface area contributed by atoms with E-state index in [-0.39, 0.29) is 25.2 Å². The van der Waals surface area contributed by atoms with Crippen molar-refractivity contribution in [2.75, 3.05) is 13.7 Å². The van der Waals surface area contributed by atoms with Gasteiger partial charge in [0.2, 0.25) is 0 Å². The van der Waals surface area contributed by atoms with Gasteiger partial charge < -0.3 is 24.1 Å². The summed E-state index contributed by atoms with van der Waals surface area (Å²) >= 11 is 0. The number of rotatable bonds is 7. The standard InChI is InChI=1S/C15H20N2O8/c1-8(18)3-4-11(20)24-7-9-12(21)13(23-2)14(25-9)17-6-5-10(19)16-15(17)22/h5-6,9,12-14,21H,3-4,7H2,1-2H3,(H,16,19,22)/t9-,12-,13-,14-/m1/s1. The highest BCUT2D eigenvalue weighted by Gasteiger charge is 2.46. The van der Waals surface area contributed by atoms with E-state index in [1.807, 2.05) is 0 Å². The van der Waals surface area contributed by atoms with E-state index >= 15 is 0 Å². The highest BCUT2D eigenvalue weighted by Crippen LogP contribution is 2.30. The lowest BCUT2D eigenvalue weighted by Gasteiger charge is -2.19. The van der Waals surface area contributed by atoms with E-state index < -0.39 is 41.8 Å². The van der Waals surface area contributed by atoms with Gasteiger partial charge in [-0.2, -0.15) is 0 Å². The number of aromatic nitrogens is 2. The summed E-state index contributed by atoms with van der Waals surface area (Å²) in [4.78, 5) is 47.5. The van der Waals surface area contributed by atoms with E-state index in [1.165, 1.54) is 20.2 Å². The third kappa shape index (κ3) is 4.62. The van der Waals surface area contributed by atoms with Crippen LogP contribution >= 0.6 is 0 Å². The zero-order chi connectivity index (χ0) is 18.6. The molecule has 25 heavy (non-hydrogen) atoms. The third-order valence-corrected chi connectivity index (χ3v) is 3.80. The number of aliphatic hydroxyl groups excluding tert-OH is 1. The molecule has 0 aliphatic carbocycles. The molecule has 1 aliphatic heterocycles. The molecular weight excluding hydrogens is 336 g/mol. The summed E-state index contributed by atoms with van der Waals surface area (Å²) in [5.74, 6) is -0.726. The number of ketones is 1.